The number of benzene rings is 2. The van der Waals surface area contributed by atoms with E-state index in [0.29, 0.717) is 24.8 Å². The number of Topliss-reactive ketones (excluding diaryl/α,β-unsaturated/α-hetero) is 1. The predicted molar refractivity (Wildman–Crippen MR) is 104 cm³/mol. The van der Waals surface area contributed by atoms with E-state index in [-0.39, 0.29) is 18.0 Å². The molecule has 150 valence electrons. The highest BCUT2D eigenvalue weighted by Crippen LogP contribution is 2.45. The Bertz CT molecular complexity index is 947. The van der Waals surface area contributed by atoms with Gasteiger partial charge in [0.25, 0.3) is 5.69 Å². The van der Waals surface area contributed by atoms with Crippen LogP contribution in [0, 0.1) is 16.0 Å². The summed E-state index contributed by atoms with van der Waals surface area (Å²) in [5, 5.41) is 25.3. The lowest BCUT2D eigenvalue weighted by molar-refractivity contribution is -0.384. The first-order valence-electron chi connectivity index (χ1n) is 9.51. The van der Waals surface area contributed by atoms with Crippen LogP contribution in [0.4, 0.5) is 10.5 Å². The molecule has 0 aromatic heterocycles. The molecule has 4 rings (SSSR count). The minimum atomic E-state index is -1.61. The molecule has 2 amide bonds. The summed E-state index contributed by atoms with van der Waals surface area (Å²) in [7, 11) is 0. The number of carbonyl (C=O) groups excluding carboxylic acids is 2. The minimum absolute atomic E-state index is 0.0770. The van der Waals surface area contributed by atoms with E-state index in [0.717, 1.165) is 5.56 Å². The quantitative estimate of drug-likeness (QED) is 0.610. The molecule has 1 heterocycles. The van der Waals surface area contributed by atoms with Crippen molar-refractivity contribution >= 4 is 17.5 Å². The average Bonchev–Trinajstić information content (AvgIpc) is 2.71. The van der Waals surface area contributed by atoms with Gasteiger partial charge in [0.2, 0.25) is 0 Å². The van der Waals surface area contributed by atoms with Crippen LogP contribution in [0.3, 0.4) is 0 Å². The number of fused-ring (bicyclic) bond motifs is 1. The molecule has 2 N–H and O–H groups in total. The minimum Gasteiger partial charge on any atom is -0.370 e. The largest absolute Gasteiger partial charge is 0.370 e. The SMILES string of the molecule is O=C1CCC[C@@]2(O)[C@@H]1[C@H](c1ccc([N+](=O)[O-])cc1)NC(=O)N2Cc1ccccc1. The highest BCUT2D eigenvalue weighted by Gasteiger charge is 2.57. The number of non-ortho nitro benzene ring substituents is 1. The van der Waals surface area contributed by atoms with Crippen LogP contribution in [0.5, 0.6) is 0 Å². The van der Waals surface area contributed by atoms with Crippen molar-refractivity contribution in [3.8, 4) is 0 Å². The van der Waals surface area contributed by atoms with E-state index in [1.807, 2.05) is 30.3 Å². The van der Waals surface area contributed by atoms with Gasteiger partial charge in [0, 0.05) is 18.6 Å². The number of amides is 2. The van der Waals surface area contributed by atoms with Crippen molar-refractivity contribution in [1.82, 2.24) is 10.2 Å². The summed E-state index contributed by atoms with van der Waals surface area (Å²) in [6, 6.07) is 13.8. The van der Waals surface area contributed by atoms with Gasteiger partial charge in [-0.15, -0.1) is 0 Å². The second-order valence-corrected chi connectivity index (χ2v) is 7.52. The van der Waals surface area contributed by atoms with E-state index in [1.54, 1.807) is 0 Å². The fraction of sp³-hybridized carbons (Fsp3) is 0.333. The lowest BCUT2D eigenvalue weighted by Gasteiger charge is -2.53. The molecule has 0 radical (unpaired) electrons. The van der Waals surface area contributed by atoms with Crippen LogP contribution in [0.1, 0.15) is 36.4 Å². The maximum absolute atomic E-state index is 13.0. The fourth-order valence-electron chi connectivity index (χ4n) is 4.37. The Hall–Kier alpha value is -3.26. The number of urea groups is 1. The van der Waals surface area contributed by atoms with Crippen molar-refractivity contribution < 1.29 is 19.6 Å². The second kappa shape index (κ2) is 7.29. The van der Waals surface area contributed by atoms with Crippen LogP contribution in [-0.2, 0) is 11.3 Å². The van der Waals surface area contributed by atoms with Gasteiger partial charge in [0.05, 0.1) is 23.4 Å². The molecule has 29 heavy (non-hydrogen) atoms. The summed E-state index contributed by atoms with van der Waals surface area (Å²) >= 11 is 0. The Morgan fingerprint density at radius 1 is 1.14 bits per heavy atom. The number of rotatable bonds is 4. The molecule has 8 nitrogen and oxygen atoms in total. The molecule has 1 aliphatic carbocycles. The van der Waals surface area contributed by atoms with Crippen molar-refractivity contribution in [2.75, 3.05) is 0 Å². The number of hydrogen-bond donors (Lipinski definition) is 2. The van der Waals surface area contributed by atoms with Crippen LogP contribution in [0.2, 0.25) is 0 Å². The summed E-state index contributed by atoms with van der Waals surface area (Å²) < 4.78 is 0. The summed E-state index contributed by atoms with van der Waals surface area (Å²) in [5.74, 6) is -0.973. The zero-order valence-corrected chi connectivity index (χ0v) is 15.7. The average molecular weight is 395 g/mol. The van der Waals surface area contributed by atoms with Gasteiger partial charge in [-0.2, -0.15) is 0 Å². The van der Waals surface area contributed by atoms with Crippen LogP contribution in [0.15, 0.2) is 54.6 Å². The lowest BCUT2D eigenvalue weighted by atomic mass is 9.71. The third-order valence-corrected chi connectivity index (χ3v) is 5.78. The Morgan fingerprint density at radius 2 is 1.83 bits per heavy atom. The number of nitro groups is 1. The Morgan fingerprint density at radius 3 is 2.48 bits per heavy atom. The third-order valence-electron chi connectivity index (χ3n) is 5.78. The second-order valence-electron chi connectivity index (χ2n) is 7.52. The smallest absolute Gasteiger partial charge is 0.320 e. The zero-order valence-electron chi connectivity index (χ0n) is 15.7. The van der Waals surface area contributed by atoms with Gasteiger partial charge in [-0.1, -0.05) is 42.5 Å². The summed E-state index contributed by atoms with van der Waals surface area (Å²) in [5.41, 5.74) is -0.282. The first-order valence-corrected chi connectivity index (χ1v) is 9.51. The molecule has 1 saturated heterocycles. The van der Waals surface area contributed by atoms with Crippen molar-refractivity contribution in [2.45, 2.75) is 37.6 Å². The van der Waals surface area contributed by atoms with Gasteiger partial charge in [0.15, 0.2) is 5.72 Å². The van der Waals surface area contributed by atoms with Crippen molar-refractivity contribution in [2.24, 2.45) is 5.92 Å². The van der Waals surface area contributed by atoms with E-state index >= 15 is 0 Å². The van der Waals surface area contributed by atoms with Crippen molar-refractivity contribution in [3.63, 3.8) is 0 Å². The molecule has 0 bridgehead atoms. The Labute approximate surface area is 167 Å². The number of nitrogens with zero attached hydrogens (tertiary/aromatic N) is 2. The van der Waals surface area contributed by atoms with Gasteiger partial charge in [-0.3, -0.25) is 19.8 Å². The molecule has 2 aliphatic rings. The molecule has 2 fully saturated rings. The van der Waals surface area contributed by atoms with Crippen LogP contribution >= 0.6 is 0 Å². The van der Waals surface area contributed by atoms with Gasteiger partial charge >= 0.3 is 6.03 Å². The normalized spacial score (nSPS) is 26.6. The molecular formula is C21H21N3O5. The summed E-state index contributed by atoms with van der Waals surface area (Å²) in [4.78, 5) is 37.6. The van der Waals surface area contributed by atoms with Crippen LogP contribution in [0.25, 0.3) is 0 Å². The van der Waals surface area contributed by atoms with Gasteiger partial charge in [0.1, 0.15) is 5.78 Å². The predicted octanol–water partition coefficient (Wildman–Crippen LogP) is 2.92. The highest BCUT2D eigenvalue weighted by molar-refractivity contribution is 5.88. The van der Waals surface area contributed by atoms with Gasteiger partial charge < -0.3 is 10.4 Å². The Kier molecular flexibility index (Phi) is 4.79. The topological polar surface area (TPSA) is 113 Å². The molecule has 3 atom stereocenters. The van der Waals surface area contributed by atoms with E-state index in [4.69, 9.17) is 0 Å². The zero-order chi connectivity index (χ0) is 20.6. The molecule has 1 aliphatic heterocycles. The molecule has 2 aromatic carbocycles. The maximum Gasteiger partial charge on any atom is 0.320 e. The van der Waals surface area contributed by atoms with Gasteiger partial charge in [-0.05, 0) is 24.0 Å². The monoisotopic (exact) mass is 395 g/mol. The molecule has 1 saturated carbocycles. The fourth-order valence-corrected chi connectivity index (χ4v) is 4.37. The Balaban J connectivity index is 1.70. The first kappa shape index (κ1) is 19.1. The van der Waals surface area contributed by atoms with E-state index < -0.39 is 28.6 Å². The van der Waals surface area contributed by atoms with Crippen LogP contribution < -0.4 is 5.32 Å². The molecule has 0 spiro atoms. The standard InChI is InChI=1S/C21H21N3O5/c25-17-7-4-12-21(27)18(17)19(15-8-10-16(11-9-15)24(28)29)22-20(26)23(21)13-14-5-2-1-3-6-14/h1-3,5-6,8-11,18-19,27H,4,7,12-13H2,(H,22,26)/t18-,19-,21+/m0/s1. The third kappa shape index (κ3) is 3.36. The number of nitro benzene ring substituents is 1. The van der Waals surface area contributed by atoms with Crippen molar-refractivity contribution in [1.29, 1.82) is 0 Å². The molecule has 2 aromatic rings. The number of aliphatic hydroxyl groups is 1. The number of nitrogens with one attached hydrogen (secondary N) is 1. The van der Waals surface area contributed by atoms with Crippen LogP contribution in [-0.4, -0.2) is 32.5 Å². The molecular weight excluding hydrogens is 374 g/mol. The van der Waals surface area contributed by atoms with E-state index in [9.17, 15) is 24.8 Å². The number of hydrogen-bond acceptors (Lipinski definition) is 5. The molecule has 0 unspecified atom stereocenters. The number of carbonyl (C=O) groups is 2. The highest BCUT2D eigenvalue weighted by atomic mass is 16.6. The summed E-state index contributed by atoms with van der Waals surface area (Å²) in [6.07, 6.45) is 1.12. The lowest BCUT2D eigenvalue weighted by Crippen LogP contribution is -2.69. The first-order chi connectivity index (χ1) is 13.9. The molecule has 8 heteroatoms. The maximum atomic E-state index is 13.0. The van der Waals surface area contributed by atoms with Crippen molar-refractivity contribution in [3.05, 3.63) is 75.8 Å². The van der Waals surface area contributed by atoms with E-state index in [1.165, 1.54) is 29.2 Å². The summed E-state index contributed by atoms with van der Waals surface area (Å²) in [6.45, 7) is 0.180. The van der Waals surface area contributed by atoms with E-state index in [2.05, 4.69) is 5.32 Å². The van der Waals surface area contributed by atoms with Gasteiger partial charge in [-0.25, -0.2) is 4.79 Å². The number of ketones is 1.